The smallest absolute Gasteiger partial charge is 0.312 e. The van der Waals surface area contributed by atoms with Crippen LogP contribution in [0.2, 0.25) is 0 Å². The second kappa shape index (κ2) is 5.12. The Kier molecular flexibility index (Phi) is 4.86. The van der Waals surface area contributed by atoms with E-state index in [0.29, 0.717) is 12.5 Å². The maximum atomic E-state index is 12.4. The number of halogens is 1. The Hall–Kier alpha value is -0.600. The van der Waals surface area contributed by atoms with Crippen LogP contribution in [-0.4, -0.2) is 23.6 Å². The highest BCUT2D eigenvalue weighted by Gasteiger charge is 2.21. The molecule has 2 nitrogen and oxygen atoms in total. The van der Waals surface area contributed by atoms with E-state index >= 15 is 0 Å². The van der Waals surface area contributed by atoms with Crippen LogP contribution < -0.4 is 0 Å². The molecule has 0 rings (SSSR count). The molecule has 0 aliphatic carbocycles. The van der Waals surface area contributed by atoms with E-state index in [2.05, 4.69) is 0 Å². The molecular weight excluding hydrogens is 157 g/mol. The van der Waals surface area contributed by atoms with E-state index in [9.17, 15) is 9.18 Å². The summed E-state index contributed by atoms with van der Waals surface area (Å²) in [5.41, 5.74) is 0. The van der Waals surface area contributed by atoms with Gasteiger partial charge in [-0.2, -0.15) is 0 Å². The van der Waals surface area contributed by atoms with E-state index in [-0.39, 0.29) is 6.04 Å². The summed E-state index contributed by atoms with van der Waals surface area (Å²) in [6.45, 7) is 8.18. The summed E-state index contributed by atoms with van der Waals surface area (Å²) in [6, 6.07) is -0.00231. The maximum absolute atomic E-state index is 12.4. The first kappa shape index (κ1) is 11.4. The lowest BCUT2D eigenvalue weighted by Crippen LogP contribution is -2.39. The van der Waals surface area contributed by atoms with Gasteiger partial charge in [-0.25, -0.2) is 4.79 Å². The zero-order valence-corrected chi connectivity index (χ0v) is 8.30. The van der Waals surface area contributed by atoms with Gasteiger partial charge in [-0.15, -0.1) is 4.39 Å². The van der Waals surface area contributed by atoms with Crippen LogP contribution >= 0.6 is 0 Å². The van der Waals surface area contributed by atoms with Crippen molar-refractivity contribution in [2.75, 3.05) is 6.54 Å². The molecule has 2 atom stereocenters. The number of hydrogen-bond donors (Lipinski definition) is 0. The van der Waals surface area contributed by atoms with Gasteiger partial charge in [-0.3, -0.25) is 0 Å². The first-order valence-corrected chi connectivity index (χ1v) is 4.50. The Morgan fingerprint density at radius 3 is 2.17 bits per heavy atom. The minimum atomic E-state index is -1.31. The molecule has 0 saturated heterocycles. The zero-order chi connectivity index (χ0) is 9.72. The van der Waals surface area contributed by atoms with Crippen molar-refractivity contribution in [3.8, 4) is 0 Å². The number of nitrogens with zero attached hydrogens (tertiary/aromatic N) is 1. The average molecular weight is 175 g/mol. The molecule has 0 bridgehead atoms. The molecular formula is C9H18FNO. The van der Waals surface area contributed by atoms with Crippen LogP contribution in [0.15, 0.2) is 0 Å². The molecule has 0 radical (unpaired) electrons. The highest BCUT2D eigenvalue weighted by molar-refractivity contribution is 5.66. The van der Waals surface area contributed by atoms with Gasteiger partial charge in [0.1, 0.15) is 0 Å². The third-order valence-corrected chi connectivity index (χ3v) is 2.53. The van der Waals surface area contributed by atoms with Crippen molar-refractivity contribution in [2.45, 2.75) is 40.2 Å². The molecule has 0 aliphatic heterocycles. The van der Waals surface area contributed by atoms with Gasteiger partial charge in [0.15, 0.2) is 0 Å². The van der Waals surface area contributed by atoms with Gasteiger partial charge in [-0.05, 0) is 19.8 Å². The molecule has 72 valence electrons. The Morgan fingerprint density at radius 1 is 1.42 bits per heavy atom. The standard InChI is InChI=1S/C9H18FNO/c1-5-7(3)8(4)11(6-2)9(10)12/h7-8H,5-6H2,1-4H3/t7-,8?/m0/s1. The van der Waals surface area contributed by atoms with Crippen LogP contribution in [0.1, 0.15) is 34.1 Å². The Bertz CT molecular complexity index is 149. The molecule has 1 amide bonds. The van der Waals surface area contributed by atoms with Crippen molar-refractivity contribution in [1.29, 1.82) is 0 Å². The van der Waals surface area contributed by atoms with Crippen molar-refractivity contribution < 1.29 is 9.18 Å². The largest absolute Gasteiger partial charge is 0.400 e. The van der Waals surface area contributed by atoms with Crippen LogP contribution in [0, 0.1) is 5.92 Å². The lowest BCUT2D eigenvalue weighted by molar-refractivity contribution is 0.140. The third kappa shape index (κ3) is 2.80. The molecule has 0 heterocycles. The molecule has 0 fully saturated rings. The topological polar surface area (TPSA) is 20.3 Å². The molecule has 0 saturated carbocycles. The summed E-state index contributed by atoms with van der Waals surface area (Å²) in [7, 11) is 0. The van der Waals surface area contributed by atoms with Crippen LogP contribution in [0.4, 0.5) is 9.18 Å². The van der Waals surface area contributed by atoms with E-state index < -0.39 is 6.16 Å². The quantitative estimate of drug-likeness (QED) is 0.475. The van der Waals surface area contributed by atoms with Crippen LogP contribution in [0.3, 0.4) is 0 Å². The normalized spacial score (nSPS) is 15.4. The van der Waals surface area contributed by atoms with Crippen molar-refractivity contribution in [3.05, 3.63) is 0 Å². The molecule has 0 aromatic rings. The van der Waals surface area contributed by atoms with Gasteiger partial charge >= 0.3 is 6.16 Å². The number of carbonyl (C=O) groups is 1. The van der Waals surface area contributed by atoms with Gasteiger partial charge in [0.05, 0.1) is 0 Å². The van der Waals surface area contributed by atoms with Crippen molar-refractivity contribution in [3.63, 3.8) is 0 Å². The van der Waals surface area contributed by atoms with Gasteiger partial charge in [0, 0.05) is 12.6 Å². The number of carbonyl (C=O) groups excluding carboxylic acids is 1. The van der Waals surface area contributed by atoms with Crippen molar-refractivity contribution in [1.82, 2.24) is 4.90 Å². The SMILES string of the molecule is CC[C@H](C)C(C)N(CC)C(=O)F. The Morgan fingerprint density at radius 2 is 1.92 bits per heavy atom. The zero-order valence-electron chi connectivity index (χ0n) is 8.30. The van der Waals surface area contributed by atoms with Gasteiger partial charge in [-0.1, -0.05) is 20.3 Å². The lowest BCUT2D eigenvalue weighted by atomic mass is 10.00. The summed E-state index contributed by atoms with van der Waals surface area (Å²) in [4.78, 5) is 11.8. The molecule has 0 aromatic carbocycles. The van der Waals surface area contributed by atoms with Gasteiger partial charge in [0.25, 0.3) is 0 Å². The fourth-order valence-electron chi connectivity index (χ4n) is 1.22. The van der Waals surface area contributed by atoms with E-state index in [0.717, 1.165) is 6.42 Å². The second-order valence-electron chi connectivity index (χ2n) is 3.17. The predicted molar refractivity (Wildman–Crippen MR) is 47.8 cm³/mol. The summed E-state index contributed by atoms with van der Waals surface area (Å²) in [6.07, 6.45) is -0.351. The van der Waals surface area contributed by atoms with Gasteiger partial charge in [0.2, 0.25) is 0 Å². The highest BCUT2D eigenvalue weighted by Crippen LogP contribution is 2.14. The number of rotatable bonds is 4. The van der Waals surface area contributed by atoms with E-state index in [1.165, 1.54) is 4.90 Å². The fourth-order valence-corrected chi connectivity index (χ4v) is 1.22. The number of hydrogen-bond acceptors (Lipinski definition) is 1. The van der Waals surface area contributed by atoms with Crippen molar-refractivity contribution in [2.24, 2.45) is 5.92 Å². The summed E-state index contributed by atoms with van der Waals surface area (Å²) >= 11 is 0. The minimum absolute atomic E-state index is 0.00231. The van der Waals surface area contributed by atoms with Gasteiger partial charge < -0.3 is 4.90 Å². The first-order valence-electron chi connectivity index (χ1n) is 4.50. The minimum Gasteiger partial charge on any atom is -0.312 e. The Labute approximate surface area is 73.7 Å². The van der Waals surface area contributed by atoms with Crippen LogP contribution in [-0.2, 0) is 0 Å². The molecule has 0 aliphatic rings. The second-order valence-corrected chi connectivity index (χ2v) is 3.17. The monoisotopic (exact) mass is 175 g/mol. The van der Waals surface area contributed by atoms with Crippen LogP contribution in [0.25, 0.3) is 0 Å². The lowest BCUT2D eigenvalue weighted by Gasteiger charge is -2.28. The molecule has 0 N–H and O–H groups in total. The Balaban J connectivity index is 4.20. The first-order chi connectivity index (χ1) is 5.54. The van der Waals surface area contributed by atoms with Crippen molar-refractivity contribution >= 4 is 6.16 Å². The fraction of sp³-hybridized carbons (Fsp3) is 0.889. The summed E-state index contributed by atoms with van der Waals surface area (Å²) in [5, 5.41) is 0. The van der Waals surface area contributed by atoms with E-state index in [4.69, 9.17) is 0 Å². The molecule has 0 spiro atoms. The maximum Gasteiger partial charge on any atom is 0.400 e. The molecule has 3 heteroatoms. The third-order valence-electron chi connectivity index (χ3n) is 2.53. The highest BCUT2D eigenvalue weighted by atomic mass is 19.1. The predicted octanol–water partition coefficient (Wildman–Crippen LogP) is 2.83. The molecule has 0 aromatic heterocycles. The van der Waals surface area contributed by atoms with E-state index in [1.807, 2.05) is 20.8 Å². The molecule has 1 unspecified atom stereocenters. The summed E-state index contributed by atoms with van der Waals surface area (Å²) < 4.78 is 12.4. The van der Waals surface area contributed by atoms with E-state index in [1.54, 1.807) is 6.92 Å². The van der Waals surface area contributed by atoms with Crippen LogP contribution in [0.5, 0.6) is 0 Å². The number of amides is 1. The summed E-state index contributed by atoms with van der Waals surface area (Å²) in [5.74, 6) is 0.352. The average Bonchev–Trinajstić information content (AvgIpc) is 2.03. The molecule has 12 heavy (non-hydrogen) atoms.